The van der Waals surface area contributed by atoms with Gasteiger partial charge in [0.15, 0.2) is 16.6 Å². The first-order valence-corrected chi connectivity index (χ1v) is 9.73. The Kier molecular flexibility index (Phi) is 5.30. The lowest BCUT2D eigenvalue weighted by atomic mass is 10.2. The van der Waals surface area contributed by atoms with Crippen LogP contribution in [0.25, 0.3) is 17.0 Å². The van der Waals surface area contributed by atoms with Crippen LogP contribution in [0.2, 0.25) is 0 Å². The first kappa shape index (κ1) is 18.8. The van der Waals surface area contributed by atoms with Crippen LogP contribution in [0.15, 0.2) is 70.6 Å². The predicted octanol–water partition coefficient (Wildman–Crippen LogP) is 2.82. The molecule has 0 radical (unpaired) electrons. The van der Waals surface area contributed by atoms with Gasteiger partial charge in [0, 0.05) is 17.3 Å². The average molecular weight is 407 g/mol. The molecule has 29 heavy (non-hydrogen) atoms. The van der Waals surface area contributed by atoms with E-state index in [0.717, 1.165) is 5.56 Å². The summed E-state index contributed by atoms with van der Waals surface area (Å²) in [6.07, 6.45) is 0. The smallest absolute Gasteiger partial charge is 0.266 e. The lowest BCUT2D eigenvalue weighted by molar-refractivity contribution is -0.113. The number of fused-ring (bicyclic) bond motifs is 1. The maximum atomic E-state index is 12.3. The molecule has 0 spiro atoms. The number of hydrogen-bond donors (Lipinski definition) is 2. The molecule has 2 N–H and O–H groups in total. The van der Waals surface area contributed by atoms with Crippen LogP contribution in [-0.4, -0.2) is 38.4 Å². The Bertz CT molecular complexity index is 1200. The Labute approximate surface area is 169 Å². The van der Waals surface area contributed by atoms with Crippen LogP contribution in [0.1, 0.15) is 0 Å². The van der Waals surface area contributed by atoms with Crippen LogP contribution in [0, 0.1) is 0 Å². The van der Waals surface area contributed by atoms with E-state index >= 15 is 0 Å². The SMILES string of the molecule is COc1ccc(NC(=O)CSc2nc(-c3ccccc3)nc3cc(=O)[nH]n23)cc1. The molecule has 0 aliphatic carbocycles. The molecule has 0 atom stereocenters. The van der Waals surface area contributed by atoms with Crippen molar-refractivity contribution in [3.05, 3.63) is 71.0 Å². The van der Waals surface area contributed by atoms with Gasteiger partial charge in [0.2, 0.25) is 5.91 Å². The summed E-state index contributed by atoms with van der Waals surface area (Å²) < 4.78 is 6.59. The van der Waals surface area contributed by atoms with Crippen molar-refractivity contribution in [3.63, 3.8) is 0 Å². The van der Waals surface area contributed by atoms with Gasteiger partial charge in [-0.05, 0) is 24.3 Å². The highest BCUT2D eigenvalue weighted by molar-refractivity contribution is 7.99. The van der Waals surface area contributed by atoms with Gasteiger partial charge in [-0.1, -0.05) is 42.1 Å². The minimum absolute atomic E-state index is 0.118. The molecule has 0 saturated heterocycles. The minimum Gasteiger partial charge on any atom is -0.497 e. The van der Waals surface area contributed by atoms with E-state index in [0.29, 0.717) is 28.1 Å². The molecular weight excluding hydrogens is 390 g/mol. The number of aromatic amines is 1. The van der Waals surface area contributed by atoms with Gasteiger partial charge in [0.05, 0.1) is 12.9 Å². The molecule has 146 valence electrons. The monoisotopic (exact) mass is 407 g/mol. The summed E-state index contributed by atoms with van der Waals surface area (Å²) in [6, 6.07) is 17.9. The number of anilines is 1. The maximum Gasteiger partial charge on any atom is 0.266 e. The van der Waals surface area contributed by atoms with Gasteiger partial charge in [-0.2, -0.15) is 0 Å². The summed E-state index contributed by atoms with van der Waals surface area (Å²) >= 11 is 1.21. The van der Waals surface area contributed by atoms with E-state index in [2.05, 4.69) is 20.4 Å². The van der Waals surface area contributed by atoms with Crippen LogP contribution < -0.4 is 15.6 Å². The predicted molar refractivity (Wildman–Crippen MR) is 111 cm³/mol. The number of rotatable bonds is 6. The van der Waals surface area contributed by atoms with Crippen LogP contribution >= 0.6 is 11.8 Å². The average Bonchev–Trinajstić information content (AvgIpc) is 3.13. The number of carbonyl (C=O) groups excluding carboxylic acids is 1. The van der Waals surface area contributed by atoms with Crippen LogP contribution in [0.3, 0.4) is 0 Å². The summed E-state index contributed by atoms with van der Waals surface area (Å²) in [4.78, 5) is 33.1. The number of methoxy groups -OCH3 is 1. The van der Waals surface area contributed by atoms with E-state index in [9.17, 15) is 9.59 Å². The number of ether oxygens (including phenoxy) is 1. The van der Waals surface area contributed by atoms with Crippen molar-refractivity contribution >= 4 is 29.0 Å². The van der Waals surface area contributed by atoms with Crippen molar-refractivity contribution in [1.82, 2.24) is 19.6 Å². The van der Waals surface area contributed by atoms with Crippen molar-refractivity contribution in [1.29, 1.82) is 0 Å². The second-order valence-corrected chi connectivity index (χ2v) is 7.02. The fraction of sp³-hybridized carbons (Fsp3) is 0.100. The molecule has 2 heterocycles. The highest BCUT2D eigenvalue weighted by atomic mass is 32.2. The van der Waals surface area contributed by atoms with Crippen molar-refractivity contribution in [2.24, 2.45) is 0 Å². The second kappa shape index (κ2) is 8.19. The van der Waals surface area contributed by atoms with Gasteiger partial charge in [-0.15, -0.1) is 0 Å². The number of thioether (sulfide) groups is 1. The van der Waals surface area contributed by atoms with Gasteiger partial charge in [-0.25, -0.2) is 14.5 Å². The van der Waals surface area contributed by atoms with Crippen molar-refractivity contribution in [3.8, 4) is 17.1 Å². The molecule has 0 aliphatic heterocycles. The molecule has 4 aromatic rings. The zero-order valence-electron chi connectivity index (χ0n) is 15.5. The highest BCUT2D eigenvalue weighted by Gasteiger charge is 2.13. The van der Waals surface area contributed by atoms with Gasteiger partial charge < -0.3 is 10.1 Å². The fourth-order valence-electron chi connectivity index (χ4n) is 2.70. The van der Waals surface area contributed by atoms with E-state index in [1.807, 2.05) is 30.3 Å². The number of nitrogens with one attached hydrogen (secondary N) is 2. The van der Waals surface area contributed by atoms with Crippen LogP contribution in [0.4, 0.5) is 5.69 Å². The van der Waals surface area contributed by atoms with Crippen molar-refractivity contribution in [2.75, 3.05) is 18.2 Å². The zero-order chi connectivity index (χ0) is 20.2. The normalized spacial score (nSPS) is 10.8. The number of benzene rings is 2. The molecular formula is C20H17N5O3S. The van der Waals surface area contributed by atoms with E-state index in [1.165, 1.54) is 22.3 Å². The highest BCUT2D eigenvalue weighted by Crippen LogP contribution is 2.22. The first-order chi connectivity index (χ1) is 14.1. The third-order valence-electron chi connectivity index (χ3n) is 4.06. The standard InChI is InChI=1S/C20H17N5O3S/c1-28-15-9-7-14(8-10-15)21-18(27)12-29-20-23-19(13-5-3-2-4-6-13)22-16-11-17(26)24-25(16)20/h2-11H,12H2,1H3,(H,21,27)(H,24,26). The summed E-state index contributed by atoms with van der Waals surface area (Å²) in [5.41, 5.74) is 1.66. The Balaban J connectivity index is 1.55. The molecule has 2 aromatic carbocycles. The Morgan fingerprint density at radius 3 is 2.62 bits per heavy atom. The minimum atomic E-state index is -0.283. The summed E-state index contributed by atoms with van der Waals surface area (Å²) in [5.74, 6) is 1.13. The molecule has 0 saturated carbocycles. The largest absolute Gasteiger partial charge is 0.497 e. The number of aromatic nitrogens is 4. The van der Waals surface area contributed by atoms with E-state index in [-0.39, 0.29) is 17.2 Å². The fourth-order valence-corrected chi connectivity index (χ4v) is 3.45. The molecule has 0 bridgehead atoms. The molecule has 0 unspecified atom stereocenters. The Hall–Kier alpha value is -3.59. The number of hydrogen-bond acceptors (Lipinski definition) is 6. The molecule has 8 nitrogen and oxygen atoms in total. The Morgan fingerprint density at radius 2 is 1.90 bits per heavy atom. The van der Waals surface area contributed by atoms with Crippen molar-refractivity contribution < 1.29 is 9.53 Å². The Morgan fingerprint density at radius 1 is 1.14 bits per heavy atom. The quantitative estimate of drug-likeness (QED) is 0.477. The third-order valence-corrected chi connectivity index (χ3v) is 5.00. The molecule has 4 rings (SSSR count). The third kappa shape index (κ3) is 4.30. The number of nitrogens with zero attached hydrogens (tertiary/aromatic N) is 3. The van der Waals surface area contributed by atoms with Crippen LogP contribution in [0.5, 0.6) is 5.75 Å². The lowest BCUT2D eigenvalue weighted by Gasteiger charge is -2.08. The van der Waals surface area contributed by atoms with Gasteiger partial charge in [-0.3, -0.25) is 14.7 Å². The maximum absolute atomic E-state index is 12.3. The second-order valence-electron chi connectivity index (χ2n) is 6.08. The van der Waals surface area contributed by atoms with E-state index in [4.69, 9.17) is 4.74 Å². The lowest BCUT2D eigenvalue weighted by Crippen LogP contribution is -2.15. The van der Waals surface area contributed by atoms with E-state index in [1.54, 1.807) is 31.4 Å². The summed E-state index contributed by atoms with van der Waals surface area (Å²) in [6.45, 7) is 0. The number of H-pyrrole nitrogens is 1. The van der Waals surface area contributed by atoms with Gasteiger partial charge in [0.1, 0.15) is 5.75 Å². The van der Waals surface area contributed by atoms with Crippen LogP contribution in [-0.2, 0) is 4.79 Å². The summed E-state index contributed by atoms with van der Waals surface area (Å²) in [7, 11) is 1.59. The summed E-state index contributed by atoms with van der Waals surface area (Å²) in [5, 5.41) is 5.96. The van der Waals surface area contributed by atoms with Gasteiger partial charge >= 0.3 is 0 Å². The first-order valence-electron chi connectivity index (χ1n) is 8.74. The molecule has 1 amide bonds. The van der Waals surface area contributed by atoms with E-state index < -0.39 is 0 Å². The van der Waals surface area contributed by atoms with Gasteiger partial charge in [0.25, 0.3) is 5.56 Å². The molecule has 2 aromatic heterocycles. The molecule has 0 aliphatic rings. The topological polar surface area (TPSA) is 101 Å². The number of amides is 1. The number of carbonyl (C=O) groups is 1. The van der Waals surface area contributed by atoms with Crippen molar-refractivity contribution in [2.45, 2.75) is 5.16 Å². The molecule has 0 fully saturated rings. The molecule has 9 heteroatoms. The zero-order valence-corrected chi connectivity index (χ0v) is 16.3.